The van der Waals surface area contributed by atoms with E-state index >= 15 is 0 Å². The van der Waals surface area contributed by atoms with Crippen LogP contribution in [0.2, 0.25) is 0 Å². The molecule has 0 spiro atoms. The van der Waals surface area contributed by atoms with Gasteiger partial charge in [-0.2, -0.15) is 0 Å². The van der Waals surface area contributed by atoms with Gasteiger partial charge in [0.15, 0.2) is 0 Å². The van der Waals surface area contributed by atoms with Gasteiger partial charge in [0.1, 0.15) is 6.54 Å². The van der Waals surface area contributed by atoms with Gasteiger partial charge < -0.3 is 10.1 Å². The van der Waals surface area contributed by atoms with Gasteiger partial charge >= 0.3 is 5.97 Å². The fourth-order valence-electron chi connectivity index (χ4n) is 0.436. The quantitative estimate of drug-likeness (QED) is 0.451. The fourth-order valence-corrected chi connectivity index (χ4v) is 0.436. The molecule has 11 heavy (non-hydrogen) atoms. The van der Waals surface area contributed by atoms with Crippen LogP contribution in [-0.2, 0) is 14.3 Å². The summed E-state index contributed by atoms with van der Waals surface area (Å²) in [5.74, 6) is -0.0685. The third kappa shape index (κ3) is 6.83. The highest BCUT2D eigenvalue weighted by molar-refractivity contribution is 5.73. The van der Waals surface area contributed by atoms with E-state index in [9.17, 15) is 9.59 Å². The predicted molar refractivity (Wildman–Crippen MR) is 39.9 cm³/mol. The molecule has 1 N–H and O–H groups in total. The maximum atomic E-state index is 10.7. The van der Waals surface area contributed by atoms with Crippen LogP contribution in [0.15, 0.2) is 0 Å². The van der Waals surface area contributed by atoms with E-state index in [4.69, 9.17) is 4.74 Å². The molecule has 0 aromatic heterocycles. The van der Waals surface area contributed by atoms with Gasteiger partial charge in [-0.05, 0) is 5.92 Å². The third-order valence-corrected chi connectivity index (χ3v) is 0.907. The Morgan fingerprint density at radius 2 is 2.27 bits per heavy atom. The summed E-state index contributed by atoms with van der Waals surface area (Å²) >= 11 is 0. The average Bonchev–Trinajstić information content (AvgIpc) is 1.97. The summed E-state index contributed by atoms with van der Waals surface area (Å²) in [7, 11) is 0. The second-order valence-corrected chi connectivity index (χ2v) is 2.58. The Morgan fingerprint density at radius 3 is 2.73 bits per heavy atom. The molecular weight excluding hydrogens is 146 g/mol. The molecule has 0 heterocycles. The van der Waals surface area contributed by atoms with Crippen molar-refractivity contribution in [1.82, 2.24) is 5.32 Å². The Hall–Kier alpha value is -1.06. The van der Waals surface area contributed by atoms with Crippen LogP contribution in [0, 0.1) is 5.92 Å². The minimum atomic E-state index is -0.397. The van der Waals surface area contributed by atoms with E-state index in [0.29, 0.717) is 18.9 Å². The number of hydrogen-bond donors (Lipinski definition) is 1. The zero-order chi connectivity index (χ0) is 8.69. The lowest BCUT2D eigenvalue weighted by molar-refractivity contribution is -0.144. The average molecular weight is 159 g/mol. The van der Waals surface area contributed by atoms with Crippen LogP contribution < -0.4 is 5.32 Å². The molecule has 4 heteroatoms. The maximum Gasteiger partial charge on any atom is 0.325 e. The second kappa shape index (κ2) is 5.70. The van der Waals surface area contributed by atoms with Crippen molar-refractivity contribution in [3.8, 4) is 0 Å². The van der Waals surface area contributed by atoms with E-state index < -0.39 is 5.97 Å². The Labute approximate surface area is 65.9 Å². The van der Waals surface area contributed by atoms with Gasteiger partial charge in [-0.15, -0.1) is 0 Å². The van der Waals surface area contributed by atoms with Crippen molar-refractivity contribution in [2.45, 2.75) is 13.8 Å². The second-order valence-electron chi connectivity index (χ2n) is 2.58. The Morgan fingerprint density at radius 1 is 1.64 bits per heavy atom. The highest BCUT2D eigenvalue weighted by atomic mass is 16.5. The summed E-state index contributed by atoms with van der Waals surface area (Å²) in [5.41, 5.74) is 0. The number of carbonyl (C=O) groups excluding carboxylic acids is 2. The first kappa shape index (κ1) is 9.94. The Bertz CT molecular complexity index is 134. The molecule has 0 atom stereocenters. The monoisotopic (exact) mass is 159 g/mol. The molecule has 0 aromatic carbocycles. The number of carbonyl (C=O) groups is 2. The minimum Gasteiger partial charge on any atom is -0.464 e. The summed E-state index contributed by atoms with van der Waals surface area (Å²) in [6.45, 7) is 4.25. The van der Waals surface area contributed by atoms with Gasteiger partial charge in [0.05, 0.1) is 6.61 Å². The van der Waals surface area contributed by atoms with Gasteiger partial charge in [0, 0.05) is 0 Å². The van der Waals surface area contributed by atoms with E-state index in [2.05, 4.69) is 5.32 Å². The fraction of sp³-hybridized carbons (Fsp3) is 0.714. The van der Waals surface area contributed by atoms with Crippen LogP contribution >= 0.6 is 0 Å². The summed E-state index contributed by atoms with van der Waals surface area (Å²) in [4.78, 5) is 20.4. The molecule has 0 aliphatic rings. The highest BCUT2D eigenvalue weighted by Crippen LogP contribution is 1.91. The van der Waals surface area contributed by atoms with E-state index in [1.807, 2.05) is 13.8 Å². The van der Waals surface area contributed by atoms with Crippen LogP contribution in [0.3, 0.4) is 0 Å². The number of amides is 1. The van der Waals surface area contributed by atoms with Crippen LogP contribution in [0.5, 0.6) is 0 Å². The summed E-state index contributed by atoms with van der Waals surface area (Å²) in [5, 5.41) is 2.22. The summed E-state index contributed by atoms with van der Waals surface area (Å²) in [6.07, 6.45) is 0.469. The number of hydrogen-bond acceptors (Lipinski definition) is 3. The van der Waals surface area contributed by atoms with E-state index in [0.717, 1.165) is 0 Å². The first-order valence-corrected chi connectivity index (χ1v) is 3.49. The number of nitrogens with one attached hydrogen (secondary N) is 1. The van der Waals surface area contributed by atoms with Gasteiger partial charge in [0.2, 0.25) is 6.41 Å². The molecule has 0 saturated heterocycles. The molecule has 0 bridgehead atoms. The number of rotatable bonds is 5. The van der Waals surface area contributed by atoms with Gasteiger partial charge in [0.25, 0.3) is 0 Å². The molecule has 64 valence electrons. The zero-order valence-corrected chi connectivity index (χ0v) is 6.79. The number of esters is 1. The van der Waals surface area contributed by atoms with Gasteiger partial charge in [-0.25, -0.2) is 0 Å². The minimum absolute atomic E-state index is 0.0454. The molecule has 1 amide bonds. The van der Waals surface area contributed by atoms with Crippen LogP contribution in [0.4, 0.5) is 0 Å². The lowest BCUT2D eigenvalue weighted by Gasteiger charge is -2.05. The molecule has 0 aliphatic heterocycles. The van der Waals surface area contributed by atoms with Crippen molar-refractivity contribution in [2.75, 3.05) is 13.2 Å². The van der Waals surface area contributed by atoms with Crippen molar-refractivity contribution in [1.29, 1.82) is 0 Å². The summed E-state index contributed by atoms with van der Waals surface area (Å²) < 4.78 is 4.75. The van der Waals surface area contributed by atoms with Crippen molar-refractivity contribution in [3.05, 3.63) is 0 Å². The molecule has 0 unspecified atom stereocenters. The van der Waals surface area contributed by atoms with E-state index in [-0.39, 0.29) is 6.54 Å². The summed E-state index contributed by atoms with van der Waals surface area (Å²) in [6, 6.07) is 0. The molecule has 0 saturated carbocycles. The van der Waals surface area contributed by atoms with Crippen LogP contribution in [0.1, 0.15) is 13.8 Å². The van der Waals surface area contributed by atoms with Crippen molar-refractivity contribution < 1.29 is 14.3 Å². The Kier molecular flexibility index (Phi) is 5.15. The molecule has 0 radical (unpaired) electrons. The predicted octanol–water partition coefficient (Wildman–Crippen LogP) is -0.0684. The molecule has 4 nitrogen and oxygen atoms in total. The largest absolute Gasteiger partial charge is 0.464 e. The van der Waals surface area contributed by atoms with Crippen LogP contribution in [-0.4, -0.2) is 25.5 Å². The molecule has 0 rings (SSSR count). The zero-order valence-electron chi connectivity index (χ0n) is 6.79. The van der Waals surface area contributed by atoms with E-state index in [1.54, 1.807) is 0 Å². The highest BCUT2D eigenvalue weighted by Gasteiger charge is 2.01. The third-order valence-electron chi connectivity index (χ3n) is 0.907. The first-order chi connectivity index (χ1) is 5.16. The smallest absolute Gasteiger partial charge is 0.325 e. The first-order valence-electron chi connectivity index (χ1n) is 3.49. The lowest BCUT2D eigenvalue weighted by Crippen LogP contribution is -2.24. The number of ether oxygens (including phenoxy) is 1. The van der Waals surface area contributed by atoms with Crippen molar-refractivity contribution in [3.63, 3.8) is 0 Å². The SMILES string of the molecule is CC(C)COC(=O)CNC=O. The molecule has 0 aliphatic carbocycles. The van der Waals surface area contributed by atoms with Crippen molar-refractivity contribution in [2.24, 2.45) is 5.92 Å². The molecule has 0 fully saturated rings. The lowest BCUT2D eigenvalue weighted by atomic mass is 10.2. The molecular formula is C7H13NO3. The van der Waals surface area contributed by atoms with Crippen molar-refractivity contribution >= 4 is 12.4 Å². The molecule has 0 aromatic rings. The van der Waals surface area contributed by atoms with E-state index in [1.165, 1.54) is 0 Å². The topological polar surface area (TPSA) is 55.4 Å². The van der Waals surface area contributed by atoms with Crippen LogP contribution in [0.25, 0.3) is 0 Å². The normalized spacial score (nSPS) is 9.36. The Balaban J connectivity index is 3.29. The van der Waals surface area contributed by atoms with Gasteiger partial charge in [-0.3, -0.25) is 9.59 Å². The standard InChI is InChI=1S/C7H13NO3/c1-6(2)4-11-7(10)3-8-5-9/h5-6H,3-4H2,1-2H3,(H,8,9). The maximum absolute atomic E-state index is 10.7. The van der Waals surface area contributed by atoms with Gasteiger partial charge in [-0.1, -0.05) is 13.8 Å².